The van der Waals surface area contributed by atoms with E-state index >= 15 is 0 Å². The van der Waals surface area contributed by atoms with Crippen molar-refractivity contribution in [2.24, 2.45) is 5.92 Å². The van der Waals surface area contributed by atoms with Gasteiger partial charge in [-0.25, -0.2) is 0 Å². The van der Waals surface area contributed by atoms with E-state index in [1.165, 1.54) is 6.20 Å². The van der Waals surface area contributed by atoms with E-state index in [1.54, 1.807) is 24.3 Å². The Morgan fingerprint density at radius 2 is 1.88 bits per heavy atom. The largest absolute Gasteiger partial charge is 0.348 e. The summed E-state index contributed by atoms with van der Waals surface area (Å²) < 4.78 is 0. The van der Waals surface area contributed by atoms with E-state index in [9.17, 15) is 9.59 Å². The molecule has 1 fully saturated rings. The first-order chi connectivity index (χ1) is 12.5. The first kappa shape index (κ1) is 18.4. The van der Waals surface area contributed by atoms with Crippen molar-refractivity contribution in [1.82, 2.24) is 15.2 Å². The van der Waals surface area contributed by atoms with Gasteiger partial charge in [0.1, 0.15) is 5.69 Å². The van der Waals surface area contributed by atoms with Gasteiger partial charge in [-0.3, -0.25) is 14.6 Å². The zero-order valence-corrected chi connectivity index (χ0v) is 15.5. The molecular formula is C20H22ClN3O2. The molecule has 2 amide bonds. The Kier molecular flexibility index (Phi) is 5.89. The zero-order chi connectivity index (χ0) is 18.5. The molecule has 6 heteroatoms. The van der Waals surface area contributed by atoms with Gasteiger partial charge in [0.05, 0.1) is 0 Å². The molecule has 1 saturated heterocycles. The Hall–Kier alpha value is -2.40. The molecule has 1 aliphatic rings. The first-order valence-electron chi connectivity index (χ1n) is 8.81. The maximum Gasteiger partial charge on any atom is 0.272 e. The zero-order valence-electron chi connectivity index (χ0n) is 14.7. The highest BCUT2D eigenvalue weighted by atomic mass is 35.5. The van der Waals surface area contributed by atoms with Crippen LogP contribution in [0.4, 0.5) is 0 Å². The number of carbonyl (C=O) groups excluding carboxylic acids is 2. The summed E-state index contributed by atoms with van der Waals surface area (Å²) in [7, 11) is 0. The minimum Gasteiger partial charge on any atom is -0.348 e. The van der Waals surface area contributed by atoms with E-state index in [4.69, 9.17) is 11.6 Å². The number of hydrogen-bond donors (Lipinski definition) is 1. The molecule has 1 aromatic heterocycles. The van der Waals surface area contributed by atoms with Gasteiger partial charge in [0.15, 0.2) is 0 Å². The Balaban J connectivity index is 1.63. The molecule has 1 aromatic carbocycles. The number of nitrogens with one attached hydrogen (secondary N) is 1. The average Bonchev–Trinajstić information content (AvgIpc) is 2.67. The smallest absolute Gasteiger partial charge is 0.272 e. The highest BCUT2D eigenvalue weighted by Gasteiger charge is 2.22. The van der Waals surface area contributed by atoms with Crippen LogP contribution in [0, 0.1) is 5.92 Å². The summed E-state index contributed by atoms with van der Waals surface area (Å²) >= 11 is 5.86. The van der Waals surface area contributed by atoms with Crippen LogP contribution in [0.2, 0.25) is 5.02 Å². The van der Waals surface area contributed by atoms with Crippen molar-refractivity contribution in [3.05, 3.63) is 64.4 Å². The number of piperidine rings is 1. The molecule has 5 nitrogen and oxygen atoms in total. The summed E-state index contributed by atoms with van der Waals surface area (Å²) in [4.78, 5) is 31.0. The number of nitrogens with zero attached hydrogens (tertiary/aromatic N) is 2. The van der Waals surface area contributed by atoms with Crippen molar-refractivity contribution >= 4 is 23.4 Å². The molecule has 2 heterocycles. The van der Waals surface area contributed by atoms with Gasteiger partial charge in [-0.15, -0.1) is 0 Å². The van der Waals surface area contributed by atoms with Gasteiger partial charge in [0, 0.05) is 36.4 Å². The predicted molar refractivity (Wildman–Crippen MR) is 101 cm³/mol. The van der Waals surface area contributed by atoms with Crippen LogP contribution in [0.3, 0.4) is 0 Å². The van der Waals surface area contributed by atoms with Gasteiger partial charge in [0.2, 0.25) is 0 Å². The van der Waals surface area contributed by atoms with Crippen LogP contribution in [0.25, 0.3) is 0 Å². The molecule has 3 rings (SSSR count). The van der Waals surface area contributed by atoms with Crippen LogP contribution in [0.1, 0.15) is 46.2 Å². The number of pyridine rings is 1. The number of halogens is 1. The number of likely N-dealkylation sites (tertiary alicyclic amines) is 1. The third-order valence-corrected chi connectivity index (χ3v) is 4.93. The normalized spacial score (nSPS) is 14.9. The van der Waals surface area contributed by atoms with Crippen LogP contribution in [0.15, 0.2) is 42.6 Å². The minimum atomic E-state index is -0.233. The van der Waals surface area contributed by atoms with Crippen molar-refractivity contribution in [1.29, 1.82) is 0 Å². The average molecular weight is 372 g/mol. The fraction of sp³-hybridized carbons (Fsp3) is 0.350. The number of rotatable bonds is 4. The highest BCUT2D eigenvalue weighted by Crippen LogP contribution is 2.18. The van der Waals surface area contributed by atoms with Crippen molar-refractivity contribution in [3.63, 3.8) is 0 Å². The van der Waals surface area contributed by atoms with Gasteiger partial charge in [-0.2, -0.15) is 0 Å². The lowest BCUT2D eigenvalue weighted by molar-refractivity contribution is 0.0691. The molecule has 0 atom stereocenters. The molecule has 0 radical (unpaired) electrons. The van der Waals surface area contributed by atoms with Crippen LogP contribution in [0.5, 0.6) is 0 Å². The number of benzene rings is 1. The molecule has 1 N–H and O–H groups in total. The molecule has 0 aliphatic carbocycles. The van der Waals surface area contributed by atoms with Crippen molar-refractivity contribution in [3.8, 4) is 0 Å². The van der Waals surface area contributed by atoms with Crippen LogP contribution >= 0.6 is 11.6 Å². The molecule has 136 valence electrons. The molecule has 0 saturated carbocycles. The Morgan fingerprint density at radius 3 is 2.58 bits per heavy atom. The summed E-state index contributed by atoms with van der Waals surface area (Å²) in [6.45, 7) is 4.08. The van der Waals surface area contributed by atoms with Gasteiger partial charge >= 0.3 is 0 Å². The minimum absolute atomic E-state index is 0.107. The maximum atomic E-state index is 12.6. The van der Waals surface area contributed by atoms with Gasteiger partial charge < -0.3 is 10.2 Å². The first-order valence-corrected chi connectivity index (χ1v) is 9.18. The van der Waals surface area contributed by atoms with Crippen molar-refractivity contribution in [2.45, 2.75) is 26.3 Å². The molecule has 0 spiro atoms. The van der Waals surface area contributed by atoms with Crippen molar-refractivity contribution in [2.75, 3.05) is 13.1 Å². The third kappa shape index (κ3) is 4.61. The summed E-state index contributed by atoms with van der Waals surface area (Å²) in [5, 5.41) is 3.51. The Labute approximate surface area is 158 Å². The van der Waals surface area contributed by atoms with E-state index in [0.29, 0.717) is 28.7 Å². The monoisotopic (exact) mass is 371 g/mol. The number of hydrogen-bond acceptors (Lipinski definition) is 3. The summed E-state index contributed by atoms with van der Waals surface area (Å²) in [5.41, 5.74) is 1.71. The van der Waals surface area contributed by atoms with E-state index in [1.807, 2.05) is 17.0 Å². The van der Waals surface area contributed by atoms with E-state index in [0.717, 1.165) is 31.5 Å². The lowest BCUT2D eigenvalue weighted by Crippen LogP contribution is -2.38. The Morgan fingerprint density at radius 1 is 1.19 bits per heavy atom. The fourth-order valence-electron chi connectivity index (χ4n) is 2.95. The highest BCUT2D eigenvalue weighted by molar-refractivity contribution is 6.30. The number of amides is 2. The van der Waals surface area contributed by atoms with Crippen LogP contribution < -0.4 is 5.32 Å². The SMILES string of the molecule is CC1CCN(C(=O)c2cc(C(=O)NCc3ccc(Cl)cc3)ccn2)CC1. The summed E-state index contributed by atoms with van der Waals surface area (Å²) in [6, 6.07) is 10.5. The Bertz CT molecular complexity index is 784. The van der Waals surface area contributed by atoms with Gasteiger partial charge in [-0.1, -0.05) is 30.7 Å². The van der Waals surface area contributed by atoms with Gasteiger partial charge in [0.25, 0.3) is 11.8 Å². The number of aromatic nitrogens is 1. The third-order valence-electron chi connectivity index (χ3n) is 4.68. The van der Waals surface area contributed by atoms with E-state index in [-0.39, 0.29) is 11.8 Å². The van der Waals surface area contributed by atoms with Crippen molar-refractivity contribution < 1.29 is 9.59 Å². The molecule has 0 unspecified atom stereocenters. The molecule has 0 bridgehead atoms. The molecule has 1 aliphatic heterocycles. The number of carbonyl (C=O) groups is 2. The topological polar surface area (TPSA) is 62.3 Å². The van der Waals surface area contributed by atoms with E-state index < -0.39 is 0 Å². The van der Waals surface area contributed by atoms with Crippen LogP contribution in [-0.4, -0.2) is 34.8 Å². The van der Waals surface area contributed by atoms with Crippen LogP contribution in [-0.2, 0) is 6.54 Å². The second kappa shape index (κ2) is 8.32. The molecule has 26 heavy (non-hydrogen) atoms. The fourth-order valence-corrected chi connectivity index (χ4v) is 3.08. The summed E-state index contributed by atoms with van der Waals surface area (Å²) in [5.74, 6) is 0.310. The quantitative estimate of drug-likeness (QED) is 0.894. The molecule has 2 aromatic rings. The second-order valence-corrected chi connectivity index (χ2v) is 7.15. The predicted octanol–water partition coefficient (Wildman–Crippen LogP) is 3.54. The standard InChI is InChI=1S/C20H22ClN3O2/c1-14-7-10-24(11-8-14)20(26)18-12-16(6-9-22-18)19(25)23-13-15-2-4-17(21)5-3-15/h2-6,9,12,14H,7-8,10-11,13H2,1H3,(H,23,25). The van der Waals surface area contributed by atoms with Gasteiger partial charge in [-0.05, 0) is 48.6 Å². The molecular weight excluding hydrogens is 350 g/mol. The second-order valence-electron chi connectivity index (χ2n) is 6.71. The maximum absolute atomic E-state index is 12.6. The lowest BCUT2D eigenvalue weighted by atomic mass is 9.99. The summed E-state index contributed by atoms with van der Waals surface area (Å²) in [6.07, 6.45) is 3.52. The van der Waals surface area contributed by atoms with E-state index in [2.05, 4.69) is 17.2 Å². The lowest BCUT2D eigenvalue weighted by Gasteiger charge is -2.30.